The van der Waals surface area contributed by atoms with E-state index in [0.29, 0.717) is 25.1 Å². The molecule has 26 heavy (non-hydrogen) atoms. The maximum Gasteiger partial charge on any atom is 0.275 e. The predicted molar refractivity (Wildman–Crippen MR) is 105 cm³/mol. The molecule has 2 fully saturated rings. The van der Waals surface area contributed by atoms with Gasteiger partial charge < -0.3 is 19.9 Å². The summed E-state index contributed by atoms with van der Waals surface area (Å²) in [5.41, 5.74) is 1.17. The Morgan fingerprint density at radius 2 is 1.96 bits per heavy atom. The fourth-order valence-electron chi connectivity index (χ4n) is 4.25. The van der Waals surface area contributed by atoms with Gasteiger partial charge in [0.05, 0.1) is 38.5 Å². The van der Waals surface area contributed by atoms with Crippen LogP contribution >= 0.6 is 0 Å². The van der Waals surface area contributed by atoms with Crippen molar-refractivity contribution in [3.63, 3.8) is 0 Å². The van der Waals surface area contributed by atoms with Gasteiger partial charge in [-0.15, -0.1) is 0 Å². The highest BCUT2D eigenvalue weighted by atomic mass is 16.5. The molecule has 0 bridgehead atoms. The zero-order chi connectivity index (χ0) is 18.4. The molecule has 1 amide bonds. The summed E-state index contributed by atoms with van der Waals surface area (Å²) < 4.78 is 5.76. The predicted octanol–water partition coefficient (Wildman–Crippen LogP) is 1.49. The van der Waals surface area contributed by atoms with Crippen LogP contribution in [0.15, 0.2) is 24.3 Å². The number of ether oxygens (including phenoxy) is 1. The number of para-hydroxylation sites is 2. The van der Waals surface area contributed by atoms with Gasteiger partial charge in [-0.25, -0.2) is 0 Å². The smallest absolute Gasteiger partial charge is 0.275 e. The molecule has 3 rings (SSSR count). The standard InChI is InChI=1S/C21H33N3O2/c1-3-26-20-11-7-6-10-19(20)24-14-12-23(13-15-24)16-21(25)22-18-9-5-4-8-17(18)2/h6-7,10-11,17-18H,3-5,8-9,12-16H2,1-2H3,(H,22,25)/p+1/t17-,18-/m0/s1. The quantitative estimate of drug-likeness (QED) is 0.808. The van der Waals surface area contributed by atoms with Gasteiger partial charge in [0.15, 0.2) is 6.54 Å². The number of amides is 1. The largest absolute Gasteiger partial charge is 0.492 e. The topological polar surface area (TPSA) is 46.0 Å². The highest BCUT2D eigenvalue weighted by molar-refractivity contribution is 5.77. The number of hydrogen-bond acceptors (Lipinski definition) is 3. The molecule has 1 heterocycles. The molecule has 1 saturated heterocycles. The van der Waals surface area contributed by atoms with Crippen molar-refractivity contribution in [2.45, 2.75) is 45.6 Å². The van der Waals surface area contributed by atoms with Crippen LogP contribution in [0.1, 0.15) is 39.5 Å². The van der Waals surface area contributed by atoms with Crippen molar-refractivity contribution in [3.8, 4) is 5.75 Å². The number of quaternary nitrogens is 1. The second-order valence-corrected chi connectivity index (χ2v) is 7.75. The highest BCUT2D eigenvalue weighted by Crippen LogP contribution is 2.27. The van der Waals surface area contributed by atoms with E-state index >= 15 is 0 Å². The normalized spacial score (nSPS) is 24.3. The van der Waals surface area contributed by atoms with E-state index in [9.17, 15) is 4.79 Å². The zero-order valence-corrected chi connectivity index (χ0v) is 16.3. The van der Waals surface area contributed by atoms with Crippen LogP contribution in [0.2, 0.25) is 0 Å². The third-order valence-electron chi connectivity index (χ3n) is 5.84. The molecule has 1 saturated carbocycles. The number of piperazine rings is 1. The minimum atomic E-state index is 0.224. The van der Waals surface area contributed by atoms with E-state index in [1.807, 2.05) is 19.1 Å². The van der Waals surface area contributed by atoms with Crippen molar-refractivity contribution < 1.29 is 14.4 Å². The zero-order valence-electron chi connectivity index (χ0n) is 16.3. The Bertz CT molecular complexity index is 584. The fraction of sp³-hybridized carbons (Fsp3) is 0.667. The Kier molecular flexibility index (Phi) is 6.78. The lowest BCUT2D eigenvalue weighted by atomic mass is 9.86. The molecular formula is C21H34N3O2+. The maximum absolute atomic E-state index is 12.5. The molecule has 2 atom stereocenters. The van der Waals surface area contributed by atoms with Gasteiger partial charge in [0, 0.05) is 6.04 Å². The van der Waals surface area contributed by atoms with Gasteiger partial charge in [0.2, 0.25) is 0 Å². The van der Waals surface area contributed by atoms with Crippen LogP contribution < -0.4 is 19.9 Å². The first kappa shape index (κ1) is 19.0. The molecular weight excluding hydrogens is 326 g/mol. The molecule has 144 valence electrons. The first-order valence-corrected chi connectivity index (χ1v) is 10.3. The highest BCUT2D eigenvalue weighted by Gasteiger charge is 2.27. The minimum Gasteiger partial charge on any atom is -0.492 e. The van der Waals surface area contributed by atoms with E-state index in [1.165, 1.54) is 29.8 Å². The van der Waals surface area contributed by atoms with Crippen LogP contribution in [0.3, 0.4) is 0 Å². The van der Waals surface area contributed by atoms with E-state index in [1.54, 1.807) is 0 Å². The molecule has 0 aromatic heterocycles. The van der Waals surface area contributed by atoms with Gasteiger partial charge in [-0.3, -0.25) is 4.79 Å². The summed E-state index contributed by atoms with van der Waals surface area (Å²) in [6.45, 7) is 9.49. The number of nitrogens with zero attached hydrogens (tertiary/aromatic N) is 1. The van der Waals surface area contributed by atoms with E-state index in [2.05, 4.69) is 29.3 Å². The second kappa shape index (κ2) is 9.26. The molecule has 2 aliphatic rings. The number of benzene rings is 1. The minimum absolute atomic E-state index is 0.224. The fourth-order valence-corrected chi connectivity index (χ4v) is 4.25. The van der Waals surface area contributed by atoms with E-state index < -0.39 is 0 Å². The van der Waals surface area contributed by atoms with Crippen molar-refractivity contribution in [1.29, 1.82) is 0 Å². The Morgan fingerprint density at radius 3 is 2.69 bits per heavy atom. The molecule has 0 spiro atoms. The summed E-state index contributed by atoms with van der Waals surface area (Å²) in [7, 11) is 0. The van der Waals surface area contributed by atoms with Crippen LogP contribution in [0.4, 0.5) is 5.69 Å². The molecule has 5 heteroatoms. The van der Waals surface area contributed by atoms with Crippen LogP contribution in [0.5, 0.6) is 5.75 Å². The average Bonchev–Trinajstić information content (AvgIpc) is 2.65. The van der Waals surface area contributed by atoms with Crippen LogP contribution in [-0.2, 0) is 4.79 Å². The van der Waals surface area contributed by atoms with Crippen molar-refractivity contribution in [3.05, 3.63) is 24.3 Å². The van der Waals surface area contributed by atoms with Crippen molar-refractivity contribution in [2.24, 2.45) is 5.92 Å². The molecule has 0 radical (unpaired) electrons. The molecule has 0 unspecified atom stereocenters. The van der Waals surface area contributed by atoms with Crippen LogP contribution in [0, 0.1) is 5.92 Å². The Balaban J connectivity index is 1.47. The van der Waals surface area contributed by atoms with Gasteiger partial charge in [-0.1, -0.05) is 31.9 Å². The Hall–Kier alpha value is -1.75. The van der Waals surface area contributed by atoms with E-state index in [-0.39, 0.29) is 5.91 Å². The molecule has 2 N–H and O–H groups in total. The lowest BCUT2D eigenvalue weighted by molar-refractivity contribution is -0.892. The van der Waals surface area contributed by atoms with Gasteiger partial charge in [0.25, 0.3) is 5.91 Å². The summed E-state index contributed by atoms with van der Waals surface area (Å²) in [6.07, 6.45) is 4.95. The molecule has 1 aromatic rings. The van der Waals surface area contributed by atoms with Crippen molar-refractivity contribution in [2.75, 3.05) is 44.2 Å². The van der Waals surface area contributed by atoms with Crippen LogP contribution in [0.25, 0.3) is 0 Å². The van der Waals surface area contributed by atoms with Gasteiger partial charge in [-0.05, 0) is 37.8 Å². The van der Waals surface area contributed by atoms with Crippen molar-refractivity contribution in [1.82, 2.24) is 5.32 Å². The average molecular weight is 361 g/mol. The monoisotopic (exact) mass is 360 g/mol. The molecule has 1 aliphatic heterocycles. The van der Waals surface area contributed by atoms with Crippen molar-refractivity contribution >= 4 is 11.6 Å². The number of carbonyl (C=O) groups is 1. The van der Waals surface area contributed by atoms with Gasteiger partial charge in [0.1, 0.15) is 5.75 Å². The summed E-state index contributed by atoms with van der Waals surface area (Å²) in [4.78, 5) is 16.2. The number of hydrogen-bond donors (Lipinski definition) is 2. The third-order valence-corrected chi connectivity index (χ3v) is 5.84. The summed E-state index contributed by atoms with van der Waals surface area (Å²) in [5.74, 6) is 1.80. The first-order valence-electron chi connectivity index (χ1n) is 10.3. The number of nitrogens with one attached hydrogen (secondary N) is 2. The number of anilines is 1. The van der Waals surface area contributed by atoms with Gasteiger partial charge >= 0.3 is 0 Å². The summed E-state index contributed by atoms with van der Waals surface area (Å²) in [6, 6.07) is 8.64. The Labute approximate surface area is 157 Å². The lowest BCUT2D eigenvalue weighted by Crippen LogP contribution is -3.16. The number of carbonyl (C=O) groups excluding carboxylic acids is 1. The molecule has 5 nitrogen and oxygen atoms in total. The SMILES string of the molecule is CCOc1ccccc1N1CC[NH+](CC(=O)N[C@H]2CCCC[C@@H]2C)CC1. The summed E-state index contributed by atoms with van der Waals surface area (Å²) >= 11 is 0. The maximum atomic E-state index is 12.5. The van der Waals surface area contributed by atoms with E-state index in [0.717, 1.165) is 38.3 Å². The lowest BCUT2D eigenvalue weighted by Gasteiger charge is -2.35. The molecule has 1 aliphatic carbocycles. The third kappa shape index (κ3) is 4.91. The Morgan fingerprint density at radius 1 is 1.23 bits per heavy atom. The molecule has 1 aromatic carbocycles. The van der Waals surface area contributed by atoms with E-state index in [4.69, 9.17) is 4.74 Å². The van der Waals surface area contributed by atoms with Gasteiger partial charge in [-0.2, -0.15) is 0 Å². The second-order valence-electron chi connectivity index (χ2n) is 7.75. The first-order chi connectivity index (χ1) is 12.7. The van der Waals surface area contributed by atoms with Crippen LogP contribution in [-0.4, -0.2) is 51.3 Å². The summed E-state index contributed by atoms with van der Waals surface area (Å²) in [5, 5.41) is 3.29. The number of rotatable bonds is 6.